The van der Waals surface area contributed by atoms with Gasteiger partial charge in [-0.05, 0) is 55.2 Å². The number of aromatic nitrogens is 1. The van der Waals surface area contributed by atoms with Crippen LogP contribution in [0.1, 0.15) is 75.0 Å². The molecule has 1 heterocycles. The van der Waals surface area contributed by atoms with Gasteiger partial charge in [-0.25, -0.2) is 0 Å². The second-order valence-electron chi connectivity index (χ2n) is 7.18. The molecule has 3 rings (SSSR count). The van der Waals surface area contributed by atoms with Gasteiger partial charge in [0.25, 0.3) is 0 Å². The number of aryl methyl sites for hydroxylation is 1. The fraction of sp³-hybridized carbons (Fsp3) is 0.522. The number of nitrogens with zero attached hydrogens (tertiary/aromatic N) is 1. The number of rotatable bonds is 8. The zero-order valence-electron chi connectivity index (χ0n) is 15.2. The van der Waals surface area contributed by atoms with Gasteiger partial charge in [0.2, 0.25) is 0 Å². The molecule has 1 heteroatoms. The summed E-state index contributed by atoms with van der Waals surface area (Å²) >= 11 is 0. The maximum atomic E-state index is 4.89. The Hall–Kier alpha value is -1.63. The molecule has 0 aliphatic heterocycles. The first-order chi connectivity index (χ1) is 11.9. The highest BCUT2D eigenvalue weighted by molar-refractivity contribution is 5.65. The van der Waals surface area contributed by atoms with Crippen LogP contribution in [0.4, 0.5) is 0 Å². The van der Waals surface area contributed by atoms with Crippen LogP contribution in [0.3, 0.4) is 0 Å². The van der Waals surface area contributed by atoms with Crippen LogP contribution in [0.15, 0.2) is 36.5 Å². The molecule has 0 N–H and O–H groups in total. The molecular formula is C23H31N. The summed E-state index contributed by atoms with van der Waals surface area (Å²) in [6, 6.07) is 10.7. The molecule has 1 aliphatic carbocycles. The predicted octanol–water partition coefficient (Wildman–Crippen LogP) is 6.53. The highest BCUT2D eigenvalue weighted by Gasteiger charge is 2.18. The average molecular weight is 322 g/mol. The Morgan fingerprint density at radius 1 is 0.833 bits per heavy atom. The standard InChI is InChI=1S/C23H31N/c1-2-3-4-5-6-8-15-20-18-24-23(19-13-9-7-10-14-19)22-17-12-11-16-21(20)22/h7,9-10,13-14,18H,2-6,8,11-12,15-17H2,1H3. The Morgan fingerprint density at radius 2 is 1.54 bits per heavy atom. The normalized spacial score (nSPS) is 13.7. The molecule has 0 saturated heterocycles. The van der Waals surface area contributed by atoms with Gasteiger partial charge in [0, 0.05) is 11.8 Å². The molecule has 1 aromatic carbocycles. The first kappa shape index (κ1) is 17.2. The lowest BCUT2D eigenvalue weighted by atomic mass is 9.85. The maximum Gasteiger partial charge on any atom is 0.0736 e. The Bertz CT molecular complexity index is 630. The molecule has 24 heavy (non-hydrogen) atoms. The van der Waals surface area contributed by atoms with E-state index in [0.717, 1.165) is 0 Å². The van der Waals surface area contributed by atoms with Gasteiger partial charge in [0.15, 0.2) is 0 Å². The number of benzene rings is 1. The lowest BCUT2D eigenvalue weighted by molar-refractivity contribution is 0.602. The Morgan fingerprint density at radius 3 is 2.33 bits per heavy atom. The smallest absolute Gasteiger partial charge is 0.0736 e. The van der Waals surface area contributed by atoms with E-state index in [9.17, 15) is 0 Å². The number of pyridine rings is 1. The van der Waals surface area contributed by atoms with Crippen LogP contribution in [-0.2, 0) is 19.3 Å². The monoisotopic (exact) mass is 321 g/mol. The zero-order chi connectivity index (χ0) is 16.6. The molecule has 0 amide bonds. The van der Waals surface area contributed by atoms with Crippen LogP contribution < -0.4 is 0 Å². The van der Waals surface area contributed by atoms with Crippen molar-refractivity contribution in [3.8, 4) is 11.3 Å². The minimum Gasteiger partial charge on any atom is -0.256 e. The fourth-order valence-corrected chi connectivity index (χ4v) is 3.98. The lowest BCUT2D eigenvalue weighted by Crippen LogP contribution is -2.10. The van der Waals surface area contributed by atoms with Crippen molar-refractivity contribution < 1.29 is 0 Å². The van der Waals surface area contributed by atoms with Gasteiger partial charge in [-0.1, -0.05) is 69.4 Å². The van der Waals surface area contributed by atoms with Gasteiger partial charge in [-0.2, -0.15) is 0 Å². The molecule has 0 bridgehead atoms. The van der Waals surface area contributed by atoms with Crippen molar-refractivity contribution in [1.82, 2.24) is 4.98 Å². The molecule has 0 radical (unpaired) electrons. The van der Waals surface area contributed by atoms with Crippen LogP contribution >= 0.6 is 0 Å². The lowest BCUT2D eigenvalue weighted by Gasteiger charge is -2.22. The molecule has 1 aliphatic rings. The molecule has 2 aromatic rings. The van der Waals surface area contributed by atoms with Gasteiger partial charge in [-0.3, -0.25) is 4.98 Å². The van der Waals surface area contributed by atoms with Gasteiger partial charge in [0.05, 0.1) is 5.69 Å². The third-order valence-corrected chi connectivity index (χ3v) is 5.34. The minimum atomic E-state index is 1.21. The summed E-state index contributed by atoms with van der Waals surface area (Å²) in [5.41, 5.74) is 7.21. The number of unbranched alkanes of at least 4 members (excludes halogenated alkanes) is 5. The molecule has 0 fully saturated rings. The van der Waals surface area contributed by atoms with Crippen molar-refractivity contribution in [1.29, 1.82) is 0 Å². The molecule has 128 valence electrons. The largest absolute Gasteiger partial charge is 0.256 e. The first-order valence-electron chi connectivity index (χ1n) is 9.95. The van der Waals surface area contributed by atoms with E-state index in [4.69, 9.17) is 4.98 Å². The Balaban J connectivity index is 1.72. The quantitative estimate of drug-likeness (QED) is 0.504. The molecule has 0 saturated carbocycles. The van der Waals surface area contributed by atoms with Crippen LogP contribution in [0, 0.1) is 0 Å². The zero-order valence-corrected chi connectivity index (χ0v) is 15.2. The Labute approximate surface area is 147 Å². The van der Waals surface area contributed by atoms with E-state index in [1.165, 1.54) is 93.0 Å². The third-order valence-electron chi connectivity index (χ3n) is 5.34. The van der Waals surface area contributed by atoms with Crippen LogP contribution in [-0.4, -0.2) is 4.98 Å². The fourth-order valence-electron chi connectivity index (χ4n) is 3.98. The number of hydrogen-bond acceptors (Lipinski definition) is 1. The van der Waals surface area contributed by atoms with Crippen molar-refractivity contribution in [2.45, 2.75) is 77.6 Å². The van der Waals surface area contributed by atoms with E-state index >= 15 is 0 Å². The predicted molar refractivity (Wildman–Crippen MR) is 103 cm³/mol. The van der Waals surface area contributed by atoms with Gasteiger partial charge < -0.3 is 0 Å². The van der Waals surface area contributed by atoms with Crippen LogP contribution in [0.5, 0.6) is 0 Å². The van der Waals surface area contributed by atoms with E-state index in [-0.39, 0.29) is 0 Å². The summed E-state index contributed by atoms with van der Waals surface area (Å²) in [5.74, 6) is 0. The van der Waals surface area contributed by atoms with Crippen molar-refractivity contribution >= 4 is 0 Å². The number of hydrogen-bond donors (Lipinski definition) is 0. The van der Waals surface area contributed by atoms with Crippen molar-refractivity contribution in [2.75, 3.05) is 0 Å². The van der Waals surface area contributed by atoms with Gasteiger partial charge >= 0.3 is 0 Å². The average Bonchev–Trinajstić information content (AvgIpc) is 2.65. The van der Waals surface area contributed by atoms with Crippen molar-refractivity contribution in [3.63, 3.8) is 0 Å². The first-order valence-corrected chi connectivity index (χ1v) is 9.95. The molecule has 1 aromatic heterocycles. The second kappa shape index (κ2) is 9.01. The molecule has 1 nitrogen and oxygen atoms in total. The highest BCUT2D eigenvalue weighted by Crippen LogP contribution is 2.32. The molecule has 0 atom stereocenters. The SMILES string of the molecule is CCCCCCCCc1cnc(-c2ccccc2)c2c1CCCC2. The number of fused-ring (bicyclic) bond motifs is 1. The second-order valence-corrected chi connectivity index (χ2v) is 7.18. The molecule has 0 unspecified atom stereocenters. The minimum absolute atomic E-state index is 1.21. The van der Waals surface area contributed by atoms with E-state index in [0.29, 0.717) is 0 Å². The molecule has 0 spiro atoms. The summed E-state index contributed by atoms with van der Waals surface area (Å²) in [6.07, 6.45) is 16.7. The summed E-state index contributed by atoms with van der Waals surface area (Å²) in [6.45, 7) is 2.28. The topological polar surface area (TPSA) is 12.9 Å². The maximum absolute atomic E-state index is 4.89. The van der Waals surface area contributed by atoms with Crippen LogP contribution in [0.2, 0.25) is 0 Å². The van der Waals surface area contributed by atoms with Crippen molar-refractivity contribution in [2.24, 2.45) is 0 Å². The van der Waals surface area contributed by atoms with Gasteiger partial charge in [-0.15, -0.1) is 0 Å². The summed E-state index contributed by atoms with van der Waals surface area (Å²) < 4.78 is 0. The van der Waals surface area contributed by atoms with E-state index in [1.54, 1.807) is 5.56 Å². The summed E-state index contributed by atoms with van der Waals surface area (Å²) in [4.78, 5) is 4.89. The van der Waals surface area contributed by atoms with Crippen molar-refractivity contribution in [3.05, 3.63) is 53.2 Å². The summed E-state index contributed by atoms with van der Waals surface area (Å²) in [7, 11) is 0. The summed E-state index contributed by atoms with van der Waals surface area (Å²) in [5, 5.41) is 0. The van der Waals surface area contributed by atoms with Crippen LogP contribution in [0.25, 0.3) is 11.3 Å². The molecular weight excluding hydrogens is 290 g/mol. The third kappa shape index (κ3) is 4.26. The Kier molecular flexibility index (Phi) is 6.46. The van der Waals surface area contributed by atoms with E-state index < -0.39 is 0 Å². The van der Waals surface area contributed by atoms with E-state index in [2.05, 4.69) is 43.5 Å². The highest BCUT2D eigenvalue weighted by atomic mass is 14.7. The van der Waals surface area contributed by atoms with Gasteiger partial charge in [0.1, 0.15) is 0 Å². The van der Waals surface area contributed by atoms with E-state index in [1.807, 2.05) is 0 Å².